The number of hydrogen-bond donors (Lipinski definition) is 0. The Morgan fingerprint density at radius 2 is 1.30 bits per heavy atom. The third-order valence-corrected chi connectivity index (χ3v) is 3.73. The summed E-state index contributed by atoms with van der Waals surface area (Å²) in [5.74, 6) is 1.86. The van der Waals surface area contributed by atoms with Crippen molar-refractivity contribution in [1.29, 1.82) is 0 Å². The van der Waals surface area contributed by atoms with E-state index in [1.165, 1.54) is 22.5 Å². The van der Waals surface area contributed by atoms with Gasteiger partial charge in [0.25, 0.3) is 0 Å². The lowest BCUT2D eigenvalue weighted by Gasteiger charge is -2.31. The number of ether oxygens (including phenoxy) is 2. The zero-order valence-corrected chi connectivity index (χ0v) is 13.6. The highest BCUT2D eigenvalue weighted by molar-refractivity contribution is 8.93. The normalized spacial score (nSPS) is 12.1. The number of methoxy groups -OCH3 is 2. The van der Waals surface area contributed by atoms with Crippen LogP contribution in [0.1, 0.15) is 11.1 Å². The first kappa shape index (κ1) is 14.7. The minimum absolute atomic E-state index is 0. The molecule has 2 aromatic carbocycles. The van der Waals surface area contributed by atoms with Crippen LogP contribution < -0.4 is 14.4 Å². The zero-order chi connectivity index (χ0) is 13.4. The van der Waals surface area contributed by atoms with Gasteiger partial charge in [0, 0.05) is 36.0 Å². The topological polar surface area (TPSA) is 21.7 Å². The number of nitrogens with zero attached hydrogens (tertiary/aromatic N) is 1. The van der Waals surface area contributed by atoms with Crippen LogP contribution in [0.25, 0.3) is 0 Å². The van der Waals surface area contributed by atoms with E-state index in [2.05, 4.69) is 24.1 Å². The molecule has 0 saturated carbocycles. The third kappa shape index (κ3) is 2.14. The van der Waals surface area contributed by atoms with E-state index in [0.717, 1.165) is 17.9 Å². The van der Waals surface area contributed by atoms with Crippen molar-refractivity contribution in [2.75, 3.05) is 26.2 Å². The maximum Gasteiger partial charge on any atom is 0.124 e. The highest BCUT2D eigenvalue weighted by Crippen LogP contribution is 2.44. The number of halogens is 1. The molecule has 0 aliphatic carbocycles. The molecular weight excluding hydrogens is 318 g/mol. The van der Waals surface area contributed by atoms with Gasteiger partial charge < -0.3 is 14.4 Å². The monoisotopic (exact) mass is 335 g/mol. The molecule has 0 bridgehead atoms. The van der Waals surface area contributed by atoms with E-state index in [9.17, 15) is 0 Å². The van der Waals surface area contributed by atoms with Gasteiger partial charge in [-0.05, 0) is 24.3 Å². The number of anilines is 2. The van der Waals surface area contributed by atoms with Crippen LogP contribution in [0.15, 0.2) is 36.4 Å². The number of rotatable bonds is 2. The fraction of sp³-hybridized carbons (Fsp3) is 0.250. The Hall–Kier alpha value is -1.68. The molecule has 3 nitrogen and oxygen atoms in total. The van der Waals surface area contributed by atoms with E-state index < -0.39 is 0 Å². The maximum atomic E-state index is 5.48. The zero-order valence-electron chi connectivity index (χ0n) is 11.8. The molecule has 0 unspecified atom stereocenters. The van der Waals surface area contributed by atoms with Gasteiger partial charge in [-0.25, -0.2) is 0 Å². The van der Waals surface area contributed by atoms with Gasteiger partial charge in [0.05, 0.1) is 14.2 Å². The Morgan fingerprint density at radius 1 is 0.850 bits per heavy atom. The summed E-state index contributed by atoms with van der Waals surface area (Å²) in [4.78, 5) is 2.19. The van der Waals surface area contributed by atoms with Crippen LogP contribution in [-0.2, 0) is 6.42 Å². The second kappa shape index (κ2) is 5.75. The van der Waals surface area contributed by atoms with Gasteiger partial charge in [0.15, 0.2) is 0 Å². The van der Waals surface area contributed by atoms with E-state index in [4.69, 9.17) is 9.47 Å². The van der Waals surface area contributed by atoms with Crippen LogP contribution >= 0.6 is 17.0 Å². The van der Waals surface area contributed by atoms with Gasteiger partial charge >= 0.3 is 0 Å². The Labute approximate surface area is 129 Å². The van der Waals surface area contributed by atoms with Crippen LogP contribution in [0.3, 0.4) is 0 Å². The number of benzene rings is 2. The Bertz CT molecular complexity index is 574. The van der Waals surface area contributed by atoms with Crippen molar-refractivity contribution < 1.29 is 9.47 Å². The molecule has 0 atom stereocenters. The van der Waals surface area contributed by atoms with E-state index in [1.807, 2.05) is 24.3 Å². The quantitative estimate of drug-likeness (QED) is 0.829. The predicted molar refractivity (Wildman–Crippen MR) is 87.2 cm³/mol. The van der Waals surface area contributed by atoms with Crippen LogP contribution in [0, 0.1) is 0 Å². The second-order valence-electron chi connectivity index (χ2n) is 4.65. The van der Waals surface area contributed by atoms with Gasteiger partial charge in [-0.15, -0.1) is 17.0 Å². The summed E-state index contributed by atoms with van der Waals surface area (Å²) < 4.78 is 11.0. The molecule has 2 aromatic rings. The smallest absolute Gasteiger partial charge is 0.124 e. The van der Waals surface area contributed by atoms with E-state index in [0.29, 0.717) is 0 Å². The SMILES string of the molecule is Br.COc1cccc2c1Cc1c(OC)cccc1N2C. The molecule has 0 radical (unpaired) electrons. The van der Waals surface area contributed by atoms with E-state index in [-0.39, 0.29) is 17.0 Å². The molecule has 4 heteroatoms. The molecule has 1 aliphatic rings. The summed E-state index contributed by atoms with van der Waals surface area (Å²) in [7, 11) is 5.51. The Balaban J connectivity index is 0.00000147. The Kier molecular flexibility index (Phi) is 4.23. The lowest BCUT2D eigenvalue weighted by molar-refractivity contribution is 0.405. The van der Waals surface area contributed by atoms with Gasteiger partial charge in [0.1, 0.15) is 11.5 Å². The maximum absolute atomic E-state index is 5.48. The summed E-state index contributed by atoms with van der Waals surface area (Å²) >= 11 is 0. The van der Waals surface area contributed by atoms with E-state index in [1.54, 1.807) is 14.2 Å². The minimum Gasteiger partial charge on any atom is -0.496 e. The van der Waals surface area contributed by atoms with Gasteiger partial charge in [-0.3, -0.25) is 0 Å². The molecule has 0 aromatic heterocycles. The van der Waals surface area contributed by atoms with Crippen molar-refractivity contribution in [3.8, 4) is 11.5 Å². The highest BCUT2D eigenvalue weighted by Gasteiger charge is 2.24. The minimum atomic E-state index is 0. The molecule has 20 heavy (non-hydrogen) atoms. The molecular formula is C16H18BrNO2. The van der Waals surface area contributed by atoms with Crippen LogP contribution in [0.4, 0.5) is 11.4 Å². The molecule has 0 saturated heterocycles. The summed E-state index contributed by atoms with van der Waals surface area (Å²) in [5.41, 5.74) is 4.81. The van der Waals surface area contributed by atoms with Crippen molar-refractivity contribution in [3.63, 3.8) is 0 Å². The number of hydrogen-bond acceptors (Lipinski definition) is 3. The predicted octanol–water partition coefficient (Wildman–Crippen LogP) is 3.95. The summed E-state index contributed by atoms with van der Waals surface area (Å²) in [5, 5.41) is 0. The van der Waals surface area contributed by atoms with E-state index >= 15 is 0 Å². The average molecular weight is 336 g/mol. The van der Waals surface area contributed by atoms with Crippen molar-refractivity contribution >= 4 is 28.4 Å². The lowest BCUT2D eigenvalue weighted by Crippen LogP contribution is -2.19. The first-order chi connectivity index (χ1) is 9.26. The molecule has 1 heterocycles. The largest absolute Gasteiger partial charge is 0.496 e. The highest BCUT2D eigenvalue weighted by atomic mass is 79.9. The molecule has 106 valence electrons. The first-order valence-electron chi connectivity index (χ1n) is 6.31. The molecule has 0 N–H and O–H groups in total. The molecule has 0 fully saturated rings. The standard InChI is InChI=1S/C16H17NO2.BrH/c1-17-13-6-4-8-15(18-2)11(13)10-12-14(17)7-5-9-16(12)19-3;/h4-9H,10H2,1-3H3;1H. The number of fused-ring (bicyclic) bond motifs is 2. The first-order valence-corrected chi connectivity index (χ1v) is 6.31. The van der Waals surface area contributed by atoms with Gasteiger partial charge in [0.2, 0.25) is 0 Å². The van der Waals surface area contributed by atoms with Crippen molar-refractivity contribution in [3.05, 3.63) is 47.5 Å². The molecule has 0 amide bonds. The van der Waals surface area contributed by atoms with Gasteiger partial charge in [-0.2, -0.15) is 0 Å². The van der Waals surface area contributed by atoms with Crippen molar-refractivity contribution in [2.24, 2.45) is 0 Å². The summed E-state index contributed by atoms with van der Waals surface area (Å²) in [6, 6.07) is 12.3. The lowest BCUT2D eigenvalue weighted by atomic mass is 9.94. The van der Waals surface area contributed by atoms with Crippen LogP contribution in [0.5, 0.6) is 11.5 Å². The second-order valence-corrected chi connectivity index (χ2v) is 4.65. The fourth-order valence-corrected chi connectivity index (χ4v) is 2.78. The third-order valence-electron chi connectivity index (χ3n) is 3.73. The summed E-state index contributed by atoms with van der Waals surface area (Å²) in [6.45, 7) is 0. The van der Waals surface area contributed by atoms with Crippen molar-refractivity contribution in [1.82, 2.24) is 0 Å². The Morgan fingerprint density at radius 3 is 1.70 bits per heavy atom. The molecule has 3 rings (SSSR count). The van der Waals surface area contributed by atoms with Crippen LogP contribution in [0.2, 0.25) is 0 Å². The fourth-order valence-electron chi connectivity index (χ4n) is 2.78. The van der Waals surface area contributed by atoms with Gasteiger partial charge in [-0.1, -0.05) is 12.1 Å². The molecule has 0 spiro atoms. The summed E-state index contributed by atoms with van der Waals surface area (Å²) in [6.07, 6.45) is 0.836. The average Bonchev–Trinajstić information content (AvgIpc) is 2.46. The van der Waals surface area contributed by atoms with Crippen molar-refractivity contribution in [2.45, 2.75) is 6.42 Å². The van der Waals surface area contributed by atoms with Crippen LogP contribution in [-0.4, -0.2) is 21.3 Å². The molecule has 1 aliphatic heterocycles.